The maximum Gasteiger partial charge on any atom is 0.183 e. The molecule has 1 aromatic carbocycles. The number of hydrogen-bond donors (Lipinski definition) is 1. The molecule has 2 unspecified atom stereocenters. The molecule has 1 N–H and O–H groups in total. The van der Waals surface area contributed by atoms with Crippen LogP contribution in [0.25, 0.3) is 0 Å². The minimum atomic E-state index is -0.549. The van der Waals surface area contributed by atoms with Crippen LogP contribution < -0.4 is 5.32 Å². The molecule has 5 heteroatoms. The van der Waals surface area contributed by atoms with Gasteiger partial charge in [0.15, 0.2) is 5.78 Å². The van der Waals surface area contributed by atoms with Crippen molar-refractivity contribution in [3.63, 3.8) is 0 Å². The van der Waals surface area contributed by atoms with Gasteiger partial charge in [-0.25, -0.2) is 0 Å². The van der Waals surface area contributed by atoms with Crippen molar-refractivity contribution in [3.8, 4) is 0 Å². The van der Waals surface area contributed by atoms with E-state index in [9.17, 15) is 4.79 Å². The third-order valence-electron chi connectivity index (χ3n) is 3.87. The number of rotatable bonds is 5. The van der Waals surface area contributed by atoms with Crippen molar-refractivity contribution in [1.82, 2.24) is 5.32 Å². The van der Waals surface area contributed by atoms with Crippen LogP contribution in [0.4, 0.5) is 0 Å². The maximum absolute atomic E-state index is 12.9. The van der Waals surface area contributed by atoms with Gasteiger partial charge >= 0.3 is 0 Å². The molecule has 1 aliphatic rings. The summed E-state index contributed by atoms with van der Waals surface area (Å²) in [6.07, 6.45) is 2.48. The summed E-state index contributed by atoms with van der Waals surface area (Å²) in [6, 6.07) is 5.04. The first-order chi connectivity index (χ1) is 9.52. The van der Waals surface area contributed by atoms with Crippen molar-refractivity contribution < 1.29 is 9.53 Å². The molecule has 2 atom stereocenters. The molecule has 1 fully saturated rings. The van der Waals surface area contributed by atoms with Gasteiger partial charge in [-0.3, -0.25) is 4.79 Å². The first-order valence-corrected chi connectivity index (χ1v) is 7.55. The van der Waals surface area contributed by atoms with E-state index in [1.165, 1.54) is 0 Å². The molecule has 20 heavy (non-hydrogen) atoms. The van der Waals surface area contributed by atoms with E-state index < -0.39 is 5.54 Å². The van der Waals surface area contributed by atoms with Crippen LogP contribution in [0.1, 0.15) is 36.5 Å². The average molecular weight is 316 g/mol. The molecule has 0 bridgehead atoms. The van der Waals surface area contributed by atoms with E-state index in [0.717, 1.165) is 12.8 Å². The quantitative estimate of drug-likeness (QED) is 0.841. The number of halogens is 2. The lowest BCUT2D eigenvalue weighted by Crippen LogP contribution is -2.47. The first-order valence-electron chi connectivity index (χ1n) is 6.80. The van der Waals surface area contributed by atoms with Crippen LogP contribution in [0.2, 0.25) is 10.0 Å². The summed E-state index contributed by atoms with van der Waals surface area (Å²) in [5.74, 6) is 0.0671. The summed E-state index contributed by atoms with van der Waals surface area (Å²) in [6.45, 7) is 2.77. The molecule has 1 aromatic rings. The van der Waals surface area contributed by atoms with Crippen LogP contribution in [0.5, 0.6) is 0 Å². The van der Waals surface area contributed by atoms with Crippen molar-refractivity contribution in [3.05, 3.63) is 33.8 Å². The summed E-state index contributed by atoms with van der Waals surface area (Å²) in [5.41, 5.74) is 0.0455. The van der Waals surface area contributed by atoms with Crippen molar-refractivity contribution in [1.29, 1.82) is 0 Å². The van der Waals surface area contributed by atoms with Crippen LogP contribution in [-0.2, 0) is 4.74 Å². The molecule has 0 aromatic heterocycles. The summed E-state index contributed by atoms with van der Waals surface area (Å²) < 4.78 is 5.38. The molecule has 2 rings (SSSR count). The molecule has 0 aliphatic carbocycles. The third kappa shape index (κ3) is 3.01. The van der Waals surface area contributed by atoms with Gasteiger partial charge in [-0.05, 0) is 24.6 Å². The zero-order valence-electron chi connectivity index (χ0n) is 11.7. The molecule has 0 spiro atoms. The highest BCUT2D eigenvalue weighted by Gasteiger charge is 2.44. The normalized spacial score (nSPS) is 25.9. The Kier molecular flexibility index (Phi) is 5.08. The van der Waals surface area contributed by atoms with E-state index >= 15 is 0 Å². The predicted octanol–water partition coefficient (Wildman–Crippen LogP) is 3.72. The molecule has 0 saturated carbocycles. The molecule has 0 amide bonds. The summed E-state index contributed by atoms with van der Waals surface area (Å²) >= 11 is 11.9. The monoisotopic (exact) mass is 315 g/mol. The second kappa shape index (κ2) is 6.44. The Morgan fingerprint density at radius 1 is 1.45 bits per heavy atom. The number of carbonyl (C=O) groups is 1. The Hall–Kier alpha value is -0.610. The number of ketones is 1. The number of nitrogens with one attached hydrogen (secondary N) is 1. The lowest BCUT2D eigenvalue weighted by atomic mass is 9.83. The van der Waals surface area contributed by atoms with Crippen LogP contribution in [0, 0.1) is 0 Å². The van der Waals surface area contributed by atoms with E-state index in [1.807, 2.05) is 0 Å². The van der Waals surface area contributed by atoms with Gasteiger partial charge in [0.05, 0.1) is 21.7 Å². The fraction of sp³-hybridized carbons (Fsp3) is 0.533. The lowest BCUT2D eigenvalue weighted by Gasteiger charge is -2.28. The summed E-state index contributed by atoms with van der Waals surface area (Å²) in [5, 5.41) is 4.22. The Bertz CT molecular complexity index is 507. The van der Waals surface area contributed by atoms with Crippen LogP contribution in [-0.4, -0.2) is 31.1 Å². The fourth-order valence-electron chi connectivity index (χ4n) is 2.83. The largest absolute Gasteiger partial charge is 0.380 e. The van der Waals surface area contributed by atoms with Gasteiger partial charge in [0.2, 0.25) is 0 Å². The number of ether oxygens (including phenoxy) is 1. The number of hydrogen-bond acceptors (Lipinski definition) is 3. The molecule has 1 aliphatic heterocycles. The molecule has 3 nitrogen and oxygen atoms in total. The Morgan fingerprint density at radius 3 is 2.75 bits per heavy atom. The van der Waals surface area contributed by atoms with Gasteiger partial charge in [-0.15, -0.1) is 0 Å². The zero-order chi connectivity index (χ0) is 14.8. The highest BCUT2D eigenvalue weighted by atomic mass is 35.5. The Morgan fingerprint density at radius 2 is 2.20 bits per heavy atom. The van der Waals surface area contributed by atoms with Crippen molar-refractivity contribution in [2.75, 3.05) is 13.7 Å². The molecule has 1 heterocycles. The van der Waals surface area contributed by atoms with E-state index in [1.54, 1.807) is 25.3 Å². The minimum Gasteiger partial charge on any atom is -0.380 e. The molecule has 110 valence electrons. The minimum absolute atomic E-state index is 0.0671. The van der Waals surface area contributed by atoms with E-state index in [0.29, 0.717) is 28.6 Å². The van der Waals surface area contributed by atoms with E-state index in [-0.39, 0.29) is 11.9 Å². The average Bonchev–Trinajstić information content (AvgIpc) is 2.86. The Balaban J connectivity index is 2.29. The van der Waals surface area contributed by atoms with Gasteiger partial charge < -0.3 is 10.1 Å². The summed E-state index contributed by atoms with van der Waals surface area (Å²) in [4.78, 5) is 12.9. The van der Waals surface area contributed by atoms with Gasteiger partial charge in [0.1, 0.15) is 0 Å². The fourth-order valence-corrected chi connectivity index (χ4v) is 3.12. The third-order valence-corrected chi connectivity index (χ3v) is 4.61. The number of carbonyl (C=O) groups excluding carboxylic acids is 1. The van der Waals surface area contributed by atoms with Crippen molar-refractivity contribution in [2.24, 2.45) is 0 Å². The van der Waals surface area contributed by atoms with Crippen LogP contribution >= 0.6 is 23.2 Å². The van der Waals surface area contributed by atoms with Gasteiger partial charge in [0.25, 0.3) is 0 Å². The van der Waals surface area contributed by atoms with Crippen molar-refractivity contribution in [2.45, 2.75) is 37.8 Å². The molecular weight excluding hydrogens is 297 g/mol. The van der Waals surface area contributed by atoms with Crippen LogP contribution in [0.15, 0.2) is 18.2 Å². The second-order valence-corrected chi connectivity index (χ2v) is 6.05. The first kappa shape index (κ1) is 15.8. The van der Waals surface area contributed by atoms with Gasteiger partial charge in [0, 0.05) is 25.6 Å². The zero-order valence-corrected chi connectivity index (χ0v) is 13.2. The Labute approximate surface area is 129 Å². The van der Waals surface area contributed by atoms with E-state index in [4.69, 9.17) is 27.9 Å². The maximum atomic E-state index is 12.9. The van der Waals surface area contributed by atoms with Crippen molar-refractivity contribution >= 4 is 29.0 Å². The molecular formula is C15H19Cl2NO2. The molecule has 1 saturated heterocycles. The predicted molar refractivity (Wildman–Crippen MR) is 81.8 cm³/mol. The second-order valence-electron chi connectivity index (χ2n) is 5.23. The topological polar surface area (TPSA) is 38.3 Å². The lowest BCUT2D eigenvalue weighted by molar-refractivity contribution is 0.0801. The number of Topliss-reactive ketones (excluding diaryl/α,β-unsaturated/α-hetero) is 1. The summed E-state index contributed by atoms with van der Waals surface area (Å²) in [7, 11) is 1.68. The highest BCUT2D eigenvalue weighted by Crippen LogP contribution is 2.32. The number of methoxy groups -OCH3 is 1. The van der Waals surface area contributed by atoms with Crippen LogP contribution in [0.3, 0.4) is 0 Å². The van der Waals surface area contributed by atoms with Gasteiger partial charge in [-0.2, -0.15) is 0 Å². The SMILES string of the molecule is CCCC1(C(=O)c2ccc(Cl)c(Cl)c2)CC(OC)CN1. The smallest absolute Gasteiger partial charge is 0.183 e. The highest BCUT2D eigenvalue weighted by molar-refractivity contribution is 6.42. The van der Waals surface area contributed by atoms with E-state index in [2.05, 4.69) is 12.2 Å². The molecule has 0 radical (unpaired) electrons. The standard InChI is InChI=1S/C15H19Cl2NO2/c1-3-6-15(8-11(20-2)9-18-15)14(19)10-4-5-12(16)13(17)7-10/h4-5,7,11,18H,3,6,8-9H2,1-2H3. The van der Waals surface area contributed by atoms with Gasteiger partial charge in [-0.1, -0.05) is 36.5 Å². The number of benzene rings is 1.